The zero-order chi connectivity index (χ0) is 32.8. The Bertz CT molecular complexity index is 1410. The monoisotopic (exact) mass is 633 g/mol. The molecule has 3 atom stereocenters. The van der Waals surface area contributed by atoms with Crippen molar-refractivity contribution in [2.75, 3.05) is 46.4 Å². The number of morpholine rings is 1. The Morgan fingerprint density at radius 1 is 0.913 bits per heavy atom. The van der Waals surface area contributed by atoms with Crippen molar-refractivity contribution in [2.24, 2.45) is 5.92 Å². The van der Waals surface area contributed by atoms with Gasteiger partial charge in [0.25, 0.3) is 0 Å². The van der Waals surface area contributed by atoms with E-state index in [1.165, 1.54) is 4.90 Å². The Labute approximate surface area is 271 Å². The van der Waals surface area contributed by atoms with Gasteiger partial charge in [0, 0.05) is 58.3 Å². The maximum absolute atomic E-state index is 14.4. The summed E-state index contributed by atoms with van der Waals surface area (Å²) in [5.41, 5.74) is 0.926. The van der Waals surface area contributed by atoms with Crippen LogP contribution in [0.25, 0.3) is 0 Å². The van der Waals surface area contributed by atoms with Gasteiger partial charge >= 0.3 is 5.97 Å². The molecule has 2 saturated heterocycles. The lowest BCUT2D eigenvalue weighted by molar-refractivity contribution is -0.165. The number of likely N-dealkylation sites (tertiary alicyclic amines) is 1. The van der Waals surface area contributed by atoms with Crippen molar-refractivity contribution < 1.29 is 33.4 Å². The second kappa shape index (κ2) is 14.8. The fraction of sp³-hybridized carbons (Fsp3) is 0.556. The van der Waals surface area contributed by atoms with Gasteiger partial charge in [0.2, 0.25) is 11.8 Å². The first-order chi connectivity index (χ1) is 22.0. The summed E-state index contributed by atoms with van der Waals surface area (Å²) in [6.45, 7) is 9.28. The summed E-state index contributed by atoms with van der Waals surface area (Å²) in [6, 6.07) is 13.4. The van der Waals surface area contributed by atoms with Crippen molar-refractivity contribution in [3.05, 3.63) is 59.7 Å². The molecule has 0 aliphatic carbocycles. The molecule has 3 aliphatic heterocycles. The van der Waals surface area contributed by atoms with Crippen molar-refractivity contribution in [3.63, 3.8) is 0 Å². The molecule has 2 aromatic carbocycles. The normalized spacial score (nSPS) is 23.7. The van der Waals surface area contributed by atoms with Crippen LogP contribution in [0.15, 0.2) is 48.5 Å². The highest BCUT2D eigenvalue weighted by molar-refractivity contribution is 5.94. The van der Waals surface area contributed by atoms with Crippen LogP contribution in [0, 0.1) is 5.92 Å². The van der Waals surface area contributed by atoms with E-state index in [0.717, 1.165) is 24.2 Å². The minimum Gasteiger partial charge on any atom is -0.458 e. The lowest BCUT2D eigenvalue weighted by Gasteiger charge is -2.34. The van der Waals surface area contributed by atoms with Crippen LogP contribution in [0.3, 0.4) is 0 Å². The summed E-state index contributed by atoms with van der Waals surface area (Å²) in [7, 11) is 1.62. The minimum atomic E-state index is -0.921. The van der Waals surface area contributed by atoms with Crippen LogP contribution < -0.4 is 4.74 Å². The molecule has 10 nitrogen and oxygen atoms in total. The number of benzene rings is 2. The average molecular weight is 634 g/mol. The Morgan fingerprint density at radius 3 is 2.17 bits per heavy atom. The first-order valence-electron chi connectivity index (χ1n) is 16.4. The fourth-order valence-electron chi connectivity index (χ4n) is 6.50. The molecule has 0 saturated carbocycles. The second-order valence-corrected chi connectivity index (χ2v) is 13.6. The summed E-state index contributed by atoms with van der Waals surface area (Å²) in [6.07, 6.45) is 2.04. The van der Waals surface area contributed by atoms with Crippen LogP contribution in [0.4, 0.5) is 0 Å². The molecule has 2 aromatic rings. The number of carbonyl (C=O) groups is 4. The van der Waals surface area contributed by atoms with Gasteiger partial charge in [0.05, 0.1) is 19.3 Å². The third kappa shape index (κ3) is 8.73. The maximum Gasteiger partial charge on any atom is 0.329 e. The lowest BCUT2D eigenvalue weighted by Crippen LogP contribution is -2.50. The molecule has 0 spiro atoms. The quantitative estimate of drug-likeness (QED) is 0.455. The molecule has 3 aliphatic rings. The Morgan fingerprint density at radius 2 is 1.57 bits per heavy atom. The van der Waals surface area contributed by atoms with E-state index < -0.39 is 29.6 Å². The van der Waals surface area contributed by atoms with Crippen LogP contribution in [-0.4, -0.2) is 102 Å². The minimum absolute atomic E-state index is 0.0331. The highest BCUT2D eigenvalue weighted by atomic mass is 16.6. The highest BCUT2D eigenvalue weighted by Gasteiger charge is 2.38. The molecule has 4 bridgehead atoms. The van der Waals surface area contributed by atoms with Crippen LogP contribution in [-0.2, 0) is 41.5 Å². The lowest BCUT2D eigenvalue weighted by atomic mass is 9.90. The average Bonchev–Trinajstić information content (AvgIpc) is 3.44. The third-order valence-electron chi connectivity index (χ3n) is 8.94. The number of esters is 1. The number of amides is 2. The fourth-order valence-corrected chi connectivity index (χ4v) is 6.50. The number of carbonyl (C=O) groups excluding carboxylic acids is 4. The molecule has 2 amide bonds. The van der Waals surface area contributed by atoms with Gasteiger partial charge in [-0.25, -0.2) is 4.79 Å². The Hall–Kier alpha value is -3.76. The zero-order valence-electron chi connectivity index (χ0n) is 27.5. The van der Waals surface area contributed by atoms with Gasteiger partial charge in [-0.15, -0.1) is 0 Å². The van der Waals surface area contributed by atoms with E-state index in [0.29, 0.717) is 63.5 Å². The molecule has 248 valence electrons. The SMILES string of the molecule is CN1C(=O)[C@H](CCN2CCOCC2)CC(=O)[C@@H](N2CCCC2=O)Cc2cccc(c2)Oc2cccc(c2)C[C@H]1C(=O)OC(C)(C)C. The van der Waals surface area contributed by atoms with E-state index in [-0.39, 0.29) is 30.4 Å². The van der Waals surface area contributed by atoms with Crippen LogP contribution in [0.2, 0.25) is 0 Å². The summed E-state index contributed by atoms with van der Waals surface area (Å²) in [4.78, 5) is 60.7. The van der Waals surface area contributed by atoms with E-state index in [1.54, 1.807) is 32.7 Å². The molecule has 2 fully saturated rings. The summed E-state index contributed by atoms with van der Waals surface area (Å²) >= 11 is 0. The van der Waals surface area contributed by atoms with E-state index >= 15 is 0 Å². The Kier molecular flexibility index (Phi) is 10.8. The molecule has 5 rings (SSSR count). The molecule has 0 unspecified atom stereocenters. The molecule has 46 heavy (non-hydrogen) atoms. The first kappa shape index (κ1) is 33.6. The number of Topliss-reactive ketones (excluding diaryl/α,β-unsaturated/α-hetero) is 1. The van der Waals surface area contributed by atoms with Crippen LogP contribution in [0.1, 0.15) is 57.6 Å². The van der Waals surface area contributed by atoms with Gasteiger partial charge in [0.1, 0.15) is 23.1 Å². The van der Waals surface area contributed by atoms with Crippen LogP contribution in [0.5, 0.6) is 11.5 Å². The van der Waals surface area contributed by atoms with Crippen molar-refractivity contribution in [3.8, 4) is 11.5 Å². The van der Waals surface area contributed by atoms with Crippen molar-refractivity contribution in [1.82, 2.24) is 14.7 Å². The zero-order valence-corrected chi connectivity index (χ0v) is 27.5. The number of hydrogen-bond acceptors (Lipinski definition) is 8. The maximum atomic E-state index is 14.4. The first-order valence-corrected chi connectivity index (χ1v) is 16.4. The molecular weight excluding hydrogens is 586 g/mol. The van der Waals surface area contributed by atoms with E-state index in [9.17, 15) is 19.2 Å². The predicted molar refractivity (Wildman–Crippen MR) is 172 cm³/mol. The third-order valence-corrected chi connectivity index (χ3v) is 8.94. The van der Waals surface area contributed by atoms with E-state index in [1.807, 2.05) is 48.5 Å². The molecule has 0 aromatic heterocycles. The van der Waals surface area contributed by atoms with Crippen LogP contribution >= 0.6 is 0 Å². The van der Waals surface area contributed by atoms with Gasteiger partial charge in [0.15, 0.2) is 5.78 Å². The van der Waals surface area contributed by atoms with Gasteiger partial charge in [-0.3, -0.25) is 19.3 Å². The van der Waals surface area contributed by atoms with E-state index in [4.69, 9.17) is 14.2 Å². The van der Waals surface area contributed by atoms with Crippen molar-refractivity contribution in [1.29, 1.82) is 0 Å². The van der Waals surface area contributed by atoms with E-state index in [2.05, 4.69) is 4.90 Å². The van der Waals surface area contributed by atoms with Gasteiger partial charge < -0.3 is 24.0 Å². The number of ether oxygens (including phenoxy) is 3. The summed E-state index contributed by atoms with van der Waals surface area (Å²) < 4.78 is 17.5. The number of fused-ring (bicyclic) bond motifs is 4. The molecule has 0 radical (unpaired) electrons. The van der Waals surface area contributed by atoms with Crippen molar-refractivity contribution in [2.45, 2.75) is 77.0 Å². The van der Waals surface area contributed by atoms with Gasteiger partial charge in [-0.1, -0.05) is 24.3 Å². The number of likely N-dealkylation sites (N-methyl/N-ethyl adjacent to an activating group) is 1. The molecule has 3 heterocycles. The number of rotatable bonds is 5. The van der Waals surface area contributed by atoms with Gasteiger partial charge in [-0.2, -0.15) is 0 Å². The predicted octanol–water partition coefficient (Wildman–Crippen LogP) is 4.03. The second-order valence-electron chi connectivity index (χ2n) is 13.6. The van der Waals surface area contributed by atoms with Crippen molar-refractivity contribution >= 4 is 23.6 Å². The molecular formula is C36H47N3O7. The topological polar surface area (TPSA) is 106 Å². The molecule has 10 heteroatoms. The Balaban J connectivity index is 1.54. The highest BCUT2D eigenvalue weighted by Crippen LogP contribution is 2.29. The smallest absolute Gasteiger partial charge is 0.329 e. The number of hydrogen-bond donors (Lipinski definition) is 0. The molecule has 0 N–H and O–H groups in total. The standard InChI is InChI=1S/C36H47N3O7/c1-36(2,3)46-35(43)31-23-26-9-6-11-29(21-26)45-28-10-5-8-25(20-28)22-30(39-14-7-12-33(39)41)32(40)24-27(34(42)37(31)4)13-15-38-16-18-44-19-17-38/h5-6,8-11,20-21,27,30-31H,7,12-19,22-24H2,1-4H3/t27-,30+,31+/m1/s1. The number of nitrogens with zero attached hydrogens (tertiary/aromatic N) is 3. The van der Waals surface area contributed by atoms with Gasteiger partial charge in [-0.05, 0) is 75.5 Å². The summed E-state index contributed by atoms with van der Waals surface area (Å²) in [5.74, 6) is -0.478. The number of ketones is 1. The summed E-state index contributed by atoms with van der Waals surface area (Å²) in [5, 5.41) is 0. The largest absolute Gasteiger partial charge is 0.458 e.